The van der Waals surface area contributed by atoms with E-state index in [0.717, 1.165) is 5.56 Å². The van der Waals surface area contributed by atoms with Crippen molar-refractivity contribution in [1.29, 1.82) is 0 Å². The van der Waals surface area contributed by atoms with Gasteiger partial charge >= 0.3 is 11.9 Å². The van der Waals surface area contributed by atoms with Gasteiger partial charge in [0.05, 0.1) is 17.9 Å². The van der Waals surface area contributed by atoms with Crippen molar-refractivity contribution < 1.29 is 24.2 Å². The van der Waals surface area contributed by atoms with Crippen molar-refractivity contribution >= 4 is 11.9 Å². The smallest absolute Gasteiger partial charge is 0.313 e. The summed E-state index contributed by atoms with van der Waals surface area (Å²) in [6.07, 6.45) is 1.60. The molecular formula is C21H30O5. The van der Waals surface area contributed by atoms with Crippen LogP contribution in [0.3, 0.4) is 0 Å². The van der Waals surface area contributed by atoms with Gasteiger partial charge in [-0.3, -0.25) is 9.59 Å². The van der Waals surface area contributed by atoms with E-state index < -0.39 is 12.0 Å². The topological polar surface area (TPSA) is 72.8 Å². The maximum atomic E-state index is 12.7. The number of hydrogen-bond donors (Lipinski definition) is 1. The Hall–Kier alpha value is -1.88. The van der Waals surface area contributed by atoms with E-state index in [9.17, 15) is 14.7 Å². The first-order valence-electron chi connectivity index (χ1n) is 9.60. The van der Waals surface area contributed by atoms with Gasteiger partial charge in [0.2, 0.25) is 0 Å². The van der Waals surface area contributed by atoms with Crippen molar-refractivity contribution in [1.82, 2.24) is 0 Å². The van der Waals surface area contributed by atoms with E-state index in [2.05, 4.69) is 0 Å². The lowest BCUT2D eigenvalue weighted by atomic mass is 9.96. The molecule has 1 aliphatic heterocycles. The van der Waals surface area contributed by atoms with E-state index >= 15 is 0 Å². The number of carbonyl (C=O) groups excluding carboxylic acids is 2. The zero-order chi connectivity index (χ0) is 19.1. The summed E-state index contributed by atoms with van der Waals surface area (Å²) in [5, 5.41) is 9.93. The third-order valence-electron chi connectivity index (χ3n) is 5.17. The molecular weight excluding hydrogens is 332 g/mol. The minimum Gasteiger partial charge on any atom is -0.462 e. The number of aliphatic hydroxyl groups is 1. The van der Waals surface area contributed by atoms with Crippen molar-refractivity contribution in [3.8, 4) is 0 Å². The maximum absolute atomic E-state index is 12.7. The van der Waals surface area contributed by atoms with E-state index in [1.54, 1.807) is 6.92 Å². The lowest BCUT2D eigenvalue weighted by molar-refractivity contribution is -0.158. The minimum atomic E-state index is -0.669. The zero-order valence-electron chi connectivity index (χ0n) is 15.9. The predicted molar refractivity (Wildman–Crippen MR) is 98.5 cm³/mol. The van der Waals surface area contributed by atoms with E-state index in [1.165, 1.54) is 0 Å². The molecule has 0 spiro atoms. The van der Waals surface area contributed by atoms with Gasteiger partial charge in [-0.25, -0.2) is 0 Å². The van der Waals surface area contributed by atoms with Crippen LogP contribution in [0.15, 0.2) is 30.3 Å². The first kappa shape index (κ1) is 20.4. The Balaban J connectivity index is 1.97. The van der Waals surface area contributed by atoms with Gasteiger partial charge in [-0.2, -0.15) is 0 Å². The second-order valence-electron chi connectivity index (χ2n) is 7.07. The van der Waals surface area contributed by atoms with Crippen LogP contribution in [0.4, 0.5) is 0 Å². The van der Waals surface area contributed by atoms with Crippen LogP contribution in [0.5, 0.6) is 0 Å². The van der Waals surface area contributed by atoms with Crippen molar-refractivity contribution in [3.05, 3.63) is 35.9 Å². The Labute approximate surface area is 155 Å². The molecule has 0 radical (unpaired) electrons. The molecule has 1 aromatic rings. The highest BCUT2D eigenvalue weighted by Crippen LogP contribution is 2.26. The summed E-state index contributed by atoms with van der Waals surface area (Å²) in [5.74, 6) is -1.41. The highest BCUT2D eigenvalue weighted by atomic mass is 16.6. The third kappa shape index (κ3) is 5.31. The zero-order valence-corrected chi connectivity index (χ0v) is 15.9. The number of benzene rings is 1. The summed E-state index contributed by atoms with van der Waals surface area (Å²) >= 11 is 0. The number of cyclic esters (lactones) is 1. The van der Waals surface area contributed by atoms with Gasteiger partial charge in [0, 0.05) is 6.42 Å². The van der Waals surface area contributed by atoms with E-state index in [0.29, 0.717) is 32.1 Å². The largest absolute Gasteiger partial charge is 0.462 e. The molecule has 1 heterocycles. The summed E-state index contributed by atoms with van der Waals surface area (Å²) in [7, 11) is 0. The average molecular weight is 362 g/mol. The quantitative estimate of drug-likeness (QED) is 0.751. The summed E-state index contributed by atoms with van der Waals surface area (Å²) in [4.78, 5) is 24.6. The second kappa shape index (κ2) is 9.72. The molecule has 0 aliphatic carbocycles. The monoisotopic (exact) mass is 362 g/mol. The molecule has 0 aromatic heterocycles. The Kier molecular flexibility index (Phi) is 7.64. The van der Waals surface area contributed by atoms with Crippen LogP contribution >= 0.6 is 0 Å². The molecule has 0 bridgehead atoms. The lowest BCUT2D eigenvalue weighted by Gasteiger charge is -2.24. The van der Waals surface area contributed by atoms with Crippen LogP contribution < -0.4 is 0 Å². The Morgan fingerprint density at radius 2 is 1.92 bits per heavy atom. The highest BCUT2D eigenvalue weighted by Gasteiger charge is 2.33. The third-order valence-corrected chi connectivity index (χ3v) is 5.17. The van der Waals surface area contributed by atoms with Gasteiger partial charge in [0.25, 0.3) is 0 Å². The van der Waals surface area contributed by atoms with Crippen LogP contribution in [-0.2, 0) is 19.1 Å². The standard InChI is InChI=1S/C21H30O5/c1-4-16(13-17-11-12-19(22)14(3)20(23)26-17)25-21(24)18(5-2)15-9-7-6-8-10-15/h6-10,14,16-19,22H,4-5,11-13H2,1-3H3/t14-,16-,17+,18-,19+/m1/s1. The number of ether oxygens (including phenoxy) is 2. The summed E-state index contributed by atoms with van der Waals surface area (Å²) in [5.41, 5.74) is 0.952. The lowest BCUT2D eigenvalue weighted by Crippen LogP contribution is -2.29. The molecule has 1 fully saturated rings. The van der Waals surface area contributed by atoms with E-state index in [1.807, 2.05) is 44.2 Å². The Morgan fingerprint density at radius 1 is 1.23 bits per heavy atom. The molecule has 1 N–H and O–H groups in total. The van der Waals surface area contributed by atoms with Crippen molar-refractivity contribution in [3.63, 3.8) is 0 Å². The molecule has 26 heavy (non-hydrogen) atoms. The fraction of sp³-hybridized carbons (Fsp3) is 0.619. The number of hydrogen-bond acceptors (Lipinski definition) is 5. The molecule has 1 aliphatic rings. The van der Waals surface area contributed by atoms with Crippen molar-refractivity contribution in [2.45, 2.75) is 77.1 Å². The molecule has 0 amide bonds. The first-order valence-corrected chi connectivity index (χ1v) is 9.60. The predicted octanol–water partition coefficient (Wildman–Crippen LogP) is 3.59. The first-order chi connectivity index (χ1) is 12.5. The van der Waals surface area contributed by atoms with Gasteiger partial charge in [-0.1, -0.05) is 44.2 Å². The van der Waals surface area contributed by atoms with Gasteiger partial charge < -0.3 is 14.6 Å². The molecule has 2 rings (SSSR count). The molecule has 0 unspecified atom stereocenters. The number of esters is 2. The molecule has 5 heteroatoms. The van der Waals surface area contributed by atoms with Gasteiger partial charge in [0.1, 0.15) is 12.2 Å². The van der Waals surface area contributed by atoms with Crippen LogP contribution in [-0.4, -0.2) is 35.4 Å². The number of aliphatic hydroxyl groups excluding tert-OH is 1. The normalized spacial score (nSPS) is 25.7. The second-order valence-corrected chi connectivity index (χ2v) is 7.07. The van der Waals surface area contributed by atoms with Gasteiger partial charge in [-0.15, -0.1) is 0 Å². The van der Waals surface area contributed by atoms with Crippen LogP contribution in [0.2, 0.25) is 0 Å². The van der Waals surface area contributed by atoms with Gasteiger partial charge in [0.15, 0.2) is 0 Å². The fourth-order valence-corrected chi connectivity index (χ4v) is 3.32. The fourth-order valence-electron chi connectivity index (χ4n) is 3.32. The van der Waals surface area contributed by atoms with Crippen molar-refractivity contribution in [2.75, 3.05) is 0 Å². The molecule has 1 saturated heterocycles. The van der Waals surface area contributed by atoms with E-state index in [-0.39, 0.29) is 30.1 Å². The van der Waals surface area contributed by atoms with Crippen LogP contribution in [0.1, 0.15) is 64.4 Å². The van der Waals surface area contributed by atoms with Gasteiger partial charge in [-0.05, 0) is 38.2 Å². The van der Waals surface area contributed by atoms with Crippen LogP contribution in [0, 0.1) is 5.92 Å². The summed E-state index contributed by atoms with van der Waals surface area (Å²) in [6.45, 7) is 5.60. The average Bonchev–Trinajstić information content (AvgIpc) is 2.76. The summed E-state index contributed by atoms with van der Waals surface area (Å²) < 4.78 is 11.2. The number of rotatable bonds is 7. The van der Waals surface area contributed by atoms with Crippen LogP contribution in [0.25, 0.3) is 0 Å². The molecule has 0 saturated carbocycles. The Morgan fingerprint density at radius 3 is 2.54 bits per heavy atom. The van der Waals surface area contributed by atoms with E-state index in [4.69, 9.17) is 9.47 Å². The highest BCUT2D eigenvalue weighted by molar-refractivity contribution is 5.78. The summed E-state index contributed by atoms with van der Waals surface area (Å²) in [6, 6.07) is 9.63. The van der Waals surface area contributed by atoms with Crippen molar-refractivity contribution in [2.24, 2.45) is 5.92 Å². The SMILES string of the molecule is CC[C@H](C[C@@H]1CC[C@H](O)[C@@H](C)C(=O)O1)OC(=O)[C@H](CC)c1ccccc1. The molecule has 5 nitrogen and oxygen atoms in total. The molecule has 144 valence electrons. The maximum Gasteiger partial charge on any atom is 0.313 e. The molecule has 5 atom stereocenters. The minimum absolute atomic E-state index is 0.237. The Bertz CT molecular complexity index is 585. The number of carbonyl (C=O) groups is 2. The molecule has 1 aromatic carbocycles.